The Labute approximate surface area is 189 Å². The van der Waals surface area contributed by atoms with Crippen molar-refractivity contribution < 1.29 is 9.59 Å². The molecule has 0 amide bonds. The first-order valence-corrected chi connectivity index (χ1v) is 11.4. The zero-order chi connectivity index (χ0) is 22.8. The van der Waals surface area contributed by atoms with E-state index in [0.29, 0.717) is 19.4 Å². The summed E-state index contributed by atoms with van der Waals surface area (Å²) in [6, 6.07) is 8.14. The van der Waals surface area contributed by atoms with Crippen molar-refractivity contribution in [2.75, 3.05) is 0 Å². The van der Waals surface area contributed by atoms with Crippen LogP contribution < -0.4 is 5.32 Å². The van der Waals surface area contributed by atoms with Gasteiger partial charge in [-0.15, -0.1) is 6.42 Å². The van der Waals surface area contributed by atoms with Crippen LogP contribution in [0.4, 0.5) is 0 Å². The van der Waals surface area contributed by atoms with Crippen molar-refractivity contribution in [1.82, 2.24) is 9.88 Å². The molecule has 2 aliphatic carbocycles. The Hall–Kier alpha value is -3.06. The van der Waals surface area contributed by atoms with Crippen LogP contribution in [0.25, 0.3) is 10.9 Å². The summed E-state index contributed by atoms with van der Waals surface area (Å²) in [6.07, 6.45) is 10.3. The summed E-state index contributed by atoms with van der Waals surface area (Å²) < 4.78 is 2.06. The summed E-state index contributed by atoms with van der Waals surface area (Å²) in [5.41, 5.74) is 5.39. The Morgan fingerprint density at radius 1 is 0.969 bits per heavy atom. The number of ketones is 2. The fourth-order valence-corrected chi connectivity index (χ4v) is 5.93. The molecule has 164 valence electrons. The highest BCUT2D eigenvalue weighted by Gasteiger charge is 2.47. The van der Waals surface area contributed by atoms with Gasteiger partial charge in [0.05, 0.1) is 6.54 Å². The Bertz CT molecular complexity index is 1220. The predicted octanol–water partition coefficient (Wildman–Crippen LogP) is 5.25. The molecule has 0 radical (unpaired) electrons. The van der Waals surface area contributed by atoms with E-state index < -0.39 is 0 Å². The molecule has 1 aromatic carbocycles. The highest BCUT2D eigenvalue weighted by Crippen LogP contribution is 2.52. The Balaban J connectivity index is 1.78. The first-order valence-electron chi connectivity index (χ1n) is 11.4. The molecule has 1 aromatic heterocycles. The SMILES string of the molecule is C#CCn1cc(C2C3=C(CC(C)(C)CC3=O)NC3=C2C(=O)CC(C)(C)C3)c2ccccc21. The van der Waals surface area contributed by atoms with Gasteiger partial charge in [-0.3, -0.25) is 9.59 Å². The van der Waals surface area contributed by atoms with Crippen molar-refractivity contribution in [3.8, 4) is 12.3 Å². The first kappa shape index (κ1) is 20.8. The fourth-order valence-electron chi connectivity index (χ4n) is 5.93. The van der Waals surface area contributed by atoms with Crippen LogP contribution in [0.2, 0.25) is 0 Å². The maximum Gasteiger partial charge on any atom is 0.162 e. The minimum atomic E-state index is -0.336. The largest absolute Gasteiger partial charge is 0.362 e. The van der Waals surface area contributed by atoms with Crippen molar-refractivity contribution in [2.45, 2.75) is 65.8 Å². The minimum absolute atomic E-state index is 0.100. The van der Waals surface area contributed by atoms with E-state index in [1.165, 1.54) is 0 Å². The predicted molar refractivity (Wildman–Crippen MR) is 127 cm³/mol. The monoisotopic (exact) mass is 426 g/mol. The number of para-hydroxylation sites is 1. The molecule has 4 nitrogen and oxygen atoms in total. The Morgan fingerprint density at radius 2 is 1.53 bits per heavy atom. The number of nitrogens with one attached hydrogen (secondary N) is 1. The van der Waals surface area contributed by atoms with Crippen molar-refractivity contribution in [1.29, 1.82) is 0 Å². The van der Waals surface area contributed by atoms with E-state index in [0.717, 1.165) is 51.8 Å². The molecule has 32 heavy (non-hydrogen) atoms. The van der Waals surface area contributed by atoms with Crippen molar-refractivity contribution in [3.63, 3.8) is 0 Å². The average Bonchev–Trinajstić information content (AvgIpc) is 3.03. The number of aromatic nitrogens is 1. The molecule has 0 bridgehead atoms. The molecule has 5 rings (SSSR count). The van der Waals surface area contributed by atoms with Gasteiger partial charge in [0.2, 0.25) is 0 Å². The molecule has 1 N–H and O–H groups in total. The van der Waals surface area contributed by atoms with Crippen LogP contribution in [0.15, 0.2) is 53.0 Å². The van der Waals surface area contributed by atoms with Gasteiger partial charge in [-0.25, -0.2) is 0 Å². The standard InChI is InChI=1S/C28H30N2O2/c1-6-11-30-16-18(17-9-7-8-10-21(17)30)24-25-19(12-27(2,3)14-22(25)31)29-20-13-28(4,5)15-23(32)26(20)24/h1,7-10,16,24,29H,11-15H2,2-5H3. The highest BCUT2D eigenvalue weighted by atomic mass is 16.1. The number of allylic oxidation sites excluding steroid dienone is 4. The summed E-state index contributed by atoms with van der Waals surface area (Å²) in [4.78, 5) is 27.1. The van der Waals surface area contributed by atoms with Crippen LogP contribution in [0, 0.1) is 23.2 Å². The fraction of sp³-hybridized carbons (Fsp3) is 0.429. The molecule has 4 heteroatoms. The van der Waals surface area contributed by atoms with E-state index in [2.05, 4.69) is 61.8 Å². The summed E-state index contributed by atoms with van der Waals surface area (Å²) in [5, 5.41) is 4.65. The second kappa shape index (κ2) is 6.97. The number of carbonyl (C=O) groups is 2. The number of nitrogens with zero attached hydrogens (tertiary/aromatic N) is 1. The second-order valence-corrected chi connectivity index (χ2v) is 11.2. The lowest BCUT2D eigenvalue weighted by Gasteiger charge is -2.43. The quantitative estimate of drug-likeness (QED) is 0.668. The molecule has 3 aliphatic rings. The van der Waals surface area contributed by atoms with Crippen molar-refractivity contribution in [2.24, 2.45) is 10.8 Å². The number of fused-ring (bicyclic) bond motifs is 1. The van der Waals surface area contributed by atoms with E-state index in [4.69, 9.17) is 6.42 Å². The molecule has 2 aromatic rings. The van der Waals surface area contributed by atoms with Gasteiger partial charge in [0.1, 0.15) is 0 Å². The van der Waals surface area contributed by atoms with E-state index in [1.54, 1.807) is 0 Å². The summed E-state index contributed by atoms with van der Waals surface area (Å²) in [6.45, 7) is 9.02. The highest BCUT2D eigenvalue weighted by molar-refractivity contribution is 6.08. The van der Waals surface area contributed by atoms with Crippen LogP contribution in [-0.4, -0.2) is 16.1 Å². The number of hydrogen-bond acceptors (Lipinski definition) is 3. The minimum Gasteiger partial charge on any atom is -0.362 e. The number of terminal acetylenes is 1. The van der Waals surface area contributed by atoms with E-state index in [-0.39, 0.29) is 28.3 Å². The van der Waals surface area contributed by atoms with Crippen LogP contribution in [0.1, 0.15) is 64.9 Å². The third-order valence-electron chi connectivity index (χ3n) is 7.11. The van der Waals surface area contributed by atoms with E-state index in [1.807, 2.05) is 12.1 Å². The summed E-state index contributed by atoms with van der Waals surface area (Å²) in [5.74, 6) is 2.69. The van der Waals surface area contributed by atoms with E-state index >= 15 is 0 Å². The number of benzene rings is 1. The lowest BCUT2D eigenvalue weighted by molar-refractivity contribution is -0.119. The molecule has 0 unspecified atom stereocenters. The molecule has 0 saturated carbocycles. The third-order valence-corrected chi connectivity index (χ3v) is 7.11. The number of carbonyl (C=O) groups excluding carboxylic acids is 2. The Morgan fingerprint density at radius 3 is 2.09 bits per heavy atom. The van der Waals surface area contributed by atoms with Crippen molar-refractivity contribution >= 4 is 22.5 Å². The van der Waals surface area contributed by atoms with Crippen LogP contribution >= 0.6 is 0 Å². The van der Waals surface area contributed by atoms with Crippen molar-refractivity contribution in [3.05, 3.63) is 58.6 Å². The van der Waals surface area contributed by atoms with Gasteiger partial charge in [-0.1, -0.05) is 51.8 Å². The van der Waals surface area contributed by atoms with Gasteiger partial charge in [-0.2, -0.15) is 0 Å². The molecule has 0 fully saturated rings. The van der Waals surface area contributed by atoms with Gasteiger partial charge < -0.3 is 9.88 Å². The number of dihydropyridines is 1. The van der Waals surface area contributed by atoms with Gasteiger partial charge in [-0.05, 0) is 35.3 Å². The molecule has 2 heterocycles. The van der Waals surface area contributed by atoms with Gasteiger partial charge >= 0.3 is 0 Å². The number of rotatable bonds is 2. The molecule has 1 aliphatic heterocycles. The lowest BCUT2D eigenvalue weighted by Crippen LogP contribution is -2.42. The number of Topliss-reactive ketones (excluding diaryl/α,β-unsaturated/α-hetero) is 2. The Kier molecular flexibility index (Phi) is 4.53. The second-order valence-electron chi connectivity index (χ2n) is 11.2. The molecule has 0 saturated heterocycles. The molecular weight excluding hydrogens is 396 g/mol. The van der Waals surface area contributed by atoms with Gasteiger partial charge in [0, 0.05) is 58.4 Å². The molecule has 0 spiro atoms. The maximum absolute atomic E-state index is 13.5. The summed E-state index contributed by atoms with van der Waals surface area (Å²) in [7, 11) is 0. The van der Waals surface area contributed by atoms with Crippen LogP contribution in [0.5, 0.6) is 0 Å². The summed E-state index contributed by atoms with van der Waals surface area (Å²) >= 11 is 0. The number of hydrogen-bond donors (Lipinski definition) is 1. The van der Waals surface area contributed by atoms with Gasteiger partial charge in [0.15, 0.2) is 11.6 Å². The third kappa shape index (κ3) is 3.23. The zero-order valence-corrected chi connectivity index (χ0v) is 19.3. The maximum atomic E-state index is 13.5. The normalized spacial score (nSPS) is 22.5. The smallest absolute Gasteiger partial charge is 0.162 e. The lowest BCUT2D eigenvalue weighted by atomic mass is 9.64. The topological polar surface area (TPSA) is 51.1 Å². The molecule has 0 atom stereocenters. The van der Waals surface area contributed by atoms with Gasteiger partial charge in [0.25, 0.3) is 0 Å². The van der Waals surface area contributed by atoms with Crippen LogP contribution in [0.3, 0.4) is 0 Å². The average molecular weight is 427 g/mol. The first-order chi connectivity index (χ1) is 15.1. The molecular formula is C28H30N2O2. The zero-order valence-electron chi connectivity index (χ0n) is 19.3. The van der Waals surface area contributed by atoms with Crippen LogP contribution in [-0.2, 0) is 16.1 Å². The van der Waals surface area contributed by atoms with E-state index in [9.17, 15) is 9.59 Å².